The molecule has 0 amide bonds. The number of nitrogens with zero attached hydrogens (tertiary/aromatic N) is 5. The summed E-state index contributed by atoms with van der Waals surface area (Å²) in [6.45, 7) is 7.04. The van der Waals surface area contributed by atoms with E-state index in [4.69, 9.17) is 4.98 Å². The van der Waals surface area contributed by atoms with Crippen LogP contribution >= 0.6 is 11.3 Å². The van der Waals surface area contributed by atoms with Gasteiger partial charge in [0.05, 0.1) is 27.2 Å². The fraction of sp³-hybridized carbons (Fsp3) is 0.222. The Morgan fingerprint density at radius 3 is 2.67 bits per heavy atom. The first-order valence-corrected chi connectivity index (χ1v) is 8.75. The molecule has 6 heteroatoms. The highest BCUT2D eigenvalue weighted by Gasteiger charge is 2.17. The summed E-state index contributed by atoms with van der Waals surface area (Å²) in [5.41, 5.74) is 7.75. The molecule has 0 N–H and O–H groups in total. The molecule has 0 fully saturated rings. The minimum Gasteiger partial charge on any atom is -0.267 e. The van der Waals surface area contributed by atoms with Gasteiger partial charge in [0.2, 0.25) is 0 Å². The van der Waals surface area contributed by atoms with Crippen molar-refractivity contribution in [2.24, 2.45) is 0 Å². The van der Waals surface area contributed by atoms with Crippen LogP contribution in [0.25, 0.3) is 32.9 Å². The summed E-state index contributed by atoms with van der Waals surface area (Å²) in [6.07, 6.45) is 3.74. The third-order valence-corrected chi connectivity index (χ3v) is 4.93. The maximum absolute atomic E-state index is 4.76. The van der Waals surface area contributed by atoms with E-state index in [1.54, 1.807) is 11.3 Å². The number of fused-ring (bicyclic) bond motifs is 1. The van der Waals surface area contributed by atoms with Crippen molar-refractivity contribution in [3.8, 4) is 21.8 Å². The lowest BCUT2D eigenvalue weighted by atomic mass is 10.0. The molecule has 0 spiro atoms. The fourth-order valence-corrected chi connectivity index (χ4v) is 3.47. The molecule has 0 unspecified atom stereocenters. The normalized spacial score (nSPS) is 11.3. The van der Waals surface area contributed by atoms with Gasteiger partial charge in [0.15, 0.2) is 5.65 Å². The first kappa shape index (κ1) is 15.0. The molecule has 24 heavy (non-hydrogen) atoms. The number of aryl methyl sites for hydroxylation is 3. The molecule has 120 valence electrons. The van der Waals surface area contributed by atoms with Crippen molar-refractivity contribution < 1.29 is 0 Å². The topological polar surface area (TPSA) is 56.5 Å². The molecule has 0 bridgehead atoms. The number of thiazole rings is 1. The Bertz CT molecular complexity index is 1000. The van der Waals surface area contributed by atoms with Crippen LogP contribution in [0.3, 0.4) is 0 Å². The Hall–Kier alpha value is -2.60. The van der Waals surface area contributed by atoms with Crippen molar-refractivity contribution in [2.75, 3.05) is 0 Å². The highest BCUT2D eigenvalue weighted by molar-refractivity contribution is 7.13. The van der Waals surface area contributed by atoms with Crippen LogP contribution in [0.5, 0.6) is 0 Å². The van der Waals surface area contributed by atoms with Crippen LogP contribution < -0.4 is 0 Å². The Labute approximate surface area is 144 Å². The first-order valence-electron chi connectivity index (χ1n) is 7.87. The Balaban J connectivity index is 2.04. The number of pyridine rings is 2. The lowest BCUT2D eigenvalue weighted by Crippen LogP contribution is -1.98. The van der Waals surface area contributed by atoms with Gasteiger partial charge in [-0.1, -0.05) is 6.07 Å². The van der Waals surface area contributed by atoms with E-state index in [1.807, 2.05) is 29.5 Å². The Morgan fingerprint density at radius 1 is 1.12 bits per heavy atom. The molecule has 0 aliphatic carbocycles. The van der Waals surface area contributed by atoms with Gasteiger partial charge in [-0.05, 0) is 38.5 Å². The molecule has 0 aliphatic heterocycles. The molecule has 0 aromatic carbocycles. The zero-order chi connectivity index (χ0) is 16.7. The highest BCUT2D eigenvalue weighted by Crippen LogP contribution is 2.33. The van der Waals surface area contributed by atoms with Gasteiger partial charge in [-0.2, -0.15) is 5.10 Å². The monoisotopic (exact) mass is 335 g/mol. The van der Waals surface area contributed by atoms with Crippen molar-refractivity contribution >= 4 is 22.4 Å². The minimum absolute atomic E-state index is 0.762. The van der Waals surface area contributed by atoms with E-state index >= 15 is 0 Å². The number of rotatable bonds is 3. The van der Waals surface area contributed by atoms with Crippen LogP contribution in [0.4, 0.5) is 0 Å². The van der Waals surface area contributed by atoms with Crippen molar-refractivity contribution in [1.29, 1.82) is 0 Å². The molecular weight excluding hydrogens is 318 g/mol. The summed E-state index contributed by atoms with van der Waals surface area (Å²) in [4.78, 5) is 14.6. The zero-order valence-electron chi connectivity index (χ0n) is 13.8. The van der Waals surface area contributed by atoms with Gasteiger partial charge in [-0.25, -0.2) is 4.98 Å². The second-order valence-electron chi connectivity index (χ2n) is 5.74. The summed E-state index contributed by atoms with van der Waals surface area (Å²) in [6, 6.07) is 6.24. The van der Waals surface area contributed by atoms with E-state index < -0.39 is 0 Å². The lowest BCUT2D eigenvalue weighted by Gasteiger charge is -2.06. The molecule has 5 nitrogen and oxygen atoms in total. The van der Waals surface area contributed by atoms with Crippen LogP contribution in [0.1, 0.15) is 18.2 Å². The lowest BCUT2D eigenvalue weighted by molar-refractivity contribution is 0.646. The number of aromatic nitrogens is 5. The molecule has 0 saturated heterocycles. The van der Waals surface area contributed by atoms with E-state index in [9.17, 15) is 0 Å². The third kappa shape index (κ3) is 2.39. The average molecular weight is 335 g/mol. The summed E-state index contributed by atoms with van der Waals surface area (Å²) in [5, 5.41) is 5.74. The average Bonchev–Trinajstić information content (AvgIpc) is 3.23. The van der Waals surface area contributed by atoms with Crippen LogP contribution in [-0.2, 0) is 6.54 Å². The van der Waals surface area contributed by atoms with Gasteiger partial charge in [-0.3, -0.25) is 14.6 Å². The summed E-state index contributed by atoms with van der Waals surface area (Å²) in [5.74, 6) is 0. The maximum atomic E-state index is 4.76. The van der Waals surface area contributed by atoms with Crippen LogP contribution in [0.2, 0.25) is 0 Å². The van der Waals surface area contributed by atoms with Gasteiger partial charge < -0.3 is 0 Å². The van der Waals surface area contributed by atoms with E-state index in [2.05, 4.69) is 47.1 Å². The van der Waals surface area contributed by atoms with Crippen molar-refractivity contribution in [3.63, 3.8) is 0 Å². The second-order valence-corrected chi connectivity index (χ2v) is 6.63. The number of hydrogen-bond acceptors (Lipinski definition) is 5. The van der Waals surface area contributed by atoms with Gasteiger partial charge in [0.1, 0.15) is 0 Å². The second kappa shape index (κ2) is 5.79. The Morgan fingerprint density at radius 2 is 2.00 bits per heavy atom. The number of hydrogen-bond donors (Lipinski definition) is 0. The smallest absolute Gasteiger partial charge is 0.182 e. The van der Waals surface area contributed by atoms with E-state index in [1.165, 1.54) is 0 Å². The van der Waals surface area contributed by atoms with E-state index in [0.29, 0.717) is 0 Å². The Kier molecular flexibility index (Phi) is 3.61. The van der Waals surface area contributed by atoms with E-state index in [-0.39, 0.29) is 0 Å². The predicted octanol–water partition coefficient (Wildman–Crippen LogP) is 4.25. The summed E-state index contributed by atoms with van der Waals surface area (Å²) < 4.78 is 1.99. The van der Waals surface area contributed by atoms with Crippen molar-refractivity contribution in [1.82, 2.24) is 24.7 Å². The van der Waals surface area contributed by atoms with Crippen molar-refractivity contribution in [3.05, 3.63) is 47.4 Å². The van der Waals surface area contributed by atoms with Crippen molar-refractivity contribution in [2.45, 2.75) is 27.3 Å². The van der Waals surface area contributed by atoms with Gasteiger partial charge in [0, 0.05) is 30.2 Å². The molecule has 0 radical (unpaired) electrons. The molecule has 0 saturated carbocycles. The predicted molar refractivity (Wildman–Crippen MR) is 97.0 cm³/mol. The van der Waals surface area contributed by atoms with Gasteiger partial charge in [0.25, 0.3) is 0 Å². The molecule has 4 aromatic heterocycles. The molecular formula is C18H17N5S. The quantitative estimate of drug-likeness (QED) is 0.561. The molecule has 0 atom stereocenters. The fourth-order valence-electron chi connectivity index (χ4n) is 2.88. The minimum atomic E-state index is 0.762. The van der Waals surface area contributed by atoms with Crippen LogP contribution in [0.15, 0.2) is 36.1 Å². The molecule has 4 rings (SSSR count). The van der Waals surface area contributed by atoms with Crippen LogP contribution in [0, 0.1) is 13.8 Å². The van der Waals surface area contributed by atoms with Gasteiger partial charge >= 0.3 is 0 Å². The summed E-state index contributed by atoms with van der Waals surface area (Å²) in [7, 11) is 0. The first-order chi connectivity index (χ1) is 11.7. The zero-order valence-corrected chi connectivity index (χ0v) is 14.6. The molecule has 4 heterocycles. The SMILES string of the molecule is CCn1nc2nc(-c3cncs3)cc(-c3ccc(C)cn3)c2c1C. The highest BCUT2D eigenvalue weighted by atomic mass is 32.1. The maximum Gasteiger partial charge on any atom is 0.182 e. The summed E-state index contributed by atoms with van der Waals surface area (Å²) >= 11 is 1.58. The molecule has 4 aromatic rings. The third-order valence-electron chi connectivity index (χ3n) is 4.14. The standard InChI is InChI=1S/C18H17N5S/c1-4-23-12(3)17-13(14-6-5-11(2)8-20-14)7-15(21-18(17)22-23)16-9-19-10-24-16/h5-10H,4H2,1-3H3. The van der Waals surface area contributed by atoms with Crippen LogP contribution in [-0.4, -0.2) is 24.7 Å². The molecule has 0 aliphatic rings. The largest absolute Gasteiger partial charge is 0.267 e. The van der Waals surface area contributed by atoms with Gasteiger partial charge in [-0.15, -0.1) is 11.3 Å². The van der Waals surface area contributed by atoms with E-state index in [0.717, 1.165) is 50.7 Å².